The summed E-state index contributed by atoms with van der Waals surface area (Å²) in [6.45, 7) is 2.26. The molecule has 23 heavy (non-hydrogen) atoms. The number of amides is 1. The molecule has 4 heteroatoms. The third-order valence-corrected chi connectivity index (χ3v) is 4.49. The van der Waals surface area contributed by atoms with Crippen LogP contribution in [0.2, 0.25) is 0 Å². The van der Waals surface area contributed by atoms with E-state index in [2.05, 4.69) is 17.4 Å². The van der Waals surface area contributed by atoms with E-state index in [1.165, 1.54) is 24.8 Å². The molecule has 0 bridgehead atoms. The van der Waals surface area contributed by atoms with Crippen molar-refractivity contribution < 1.29 is 13.9 Å². The van der Waals surface area contributed by atoms with Gasteiger partial charge in [-0.1, -0.05) is 18.6 Å². The fourth-order valence-corrected chi connectivity index (χ4v) is 2.89. The van der Waals surface area contributed by atoms with Gasteiger partial charge in [-0.2, -0.15) is 0 Å². The highest BCUT2D eigenvalue weighted by Crippen LogP contribution is 2.36. The lowest BCUT2D eigenvalue weighted by Crippen LogP contribution is -2.31. The van der Waals surface area contributed by atoms with E-state index in [0.717, 1.165) is 5.76 Å². The molecule has 0 radical (unpaired) electrons. The minimum atomic E-state index is -0.285. The van der Waals surface area contributed by atoms with Gasteiger partial charge in [-0.25, -0.2) is 0 Å². The number of aryl methyl sites for hydroxylation is 1. The highest BCUT2D eigenvalue weighted by molar-refractivity contribution is 5.94. The van der Waals surface area contributed by atoms with Crippen molar-refractivity contribution in [3.05, 3.63) is 59.0 Å². The Morgan fingerprint density at radius 2 is 2.00 bits per heavy atom. The molecule has 1 atom stereocenters. The molecule has 1 N–H and O–H groups in total. The zero-order chi connectivity index (χ0) is 16.2. The van der Waals surface area contributed by atoms with E-state index in [1.54, 1.807) is 7.11 Å². The molecule has 1 fully saturated rings. The maximum Gasteiger partial charge on any atom is 0.251 e. The number of rotatable bonds is 6. The summed E-state index contributed by atoms with van der Waals surface area (Å²) >= 11 is 0. The van der Waals surface area contributed by atoms with Crippen LogP contribution in [-0.2, 0) is 4.74 Å². The normalized spacial score (nSPS) is 15.9. The van der Waals surface area contributed by atoms with E-state index < -0.39 is 0 Å². The molecule has 0 aliphatic heterocycles. The monoisotopic (exact) mass is 313 g/mol. The molecule has 122 valence electrons. The van der Waals surface area contributed by atoms with E-state index in [-0.39, 0.29) is 11.9 Å². The lowest BCUT2D eigenvalue weighted by atomic mass is 9.80. The van der Waals surface area contributed by atoms with Crippen molar-refractivity contribution in [2.75, 3.05) is 13.7 Å². The van der Waals surface area contributed by atoms with Crippen LogP contribution in [0.3, 0.4) is 0 Å². The minimum absolute atomic E-state index is 0.110. The van der Waals surface area contributed by atoms with Gasteiger partial charge in [0.25, 0.3) is 5.91 Å². The molecule has 1 amide bonds. The SMILES string of the molecule is COCC(NC(=O)c1ccc(C2CCC2)cc1)c1ccc(C)o1. The quantitative estimate of drug-likeness (QED) is 0.878. The van der Waals surface area contributed by atoms with Gasteiger partial charge < -0.3 is 14.5 Å². The molecule has 1 aliphatic rings. The Morgan fingerprint density at radius 1 is 1.26 bits per heavy atom. The van der Waals surface area contributed by atoms with Crippen molar-refractivity contribution >= 4 is 5.91 Å². The molecular weight excluding hydrogens is 290 g/mol. The van der Waals surface area contributed by atoms with E-state index in [0.29, 0.717) is 23.8 Å². The number of methoxy groups -OCH3 is 1. The highest BCUT2D eigenvalue weighted by atomic mass is 16.5. The lowest BCUT2D eigenvalue weighted by Gasteiger charge is -2.25. The summed E-state index contributed by atoms with van der Waals surface area (Å²) in [6, 6.07) is 11.4. The summed E-state index contributed by atoms with van der Waals surface area (Å²) in [5.41, 5.74) is 2.00. The molecule has 1 heterocycles. The first-order valence-electron chi connectivity index (χ1n) is 8.13. The number of carbonyl (C=O) groups excluding carboxylic acids is 1. The molecule has 1 unspecified atom stereocenters. The van der Waals surface area contributed by atoms with Gasteiger partial charge in [-0.15, -0.1) is 0 Å². The standard InChI is InChI=1S/C19H23NO3/c1-13-6-11-18(23-13)17(12-22-2)20-19(21)16-9-7-15(8-10-16)14-4-3-5-14/h6-11,14,17H,3-5,12H2,1-2H3,(H,20,21). The van der Waals surface area contributed by atoms with Crippen molar-refractivity contribution in [2.24, 2.45) is 0 Å². The Hall–Kier alpha value is -2.07. The summed E-state index contributed by atoms with van der Waals surface area (Å²) in [7, 11) is 1.61. The summed E-state index contributed by atoms with van der Waals surface area (Å²) < 4.78 is 10.8. The Labute approximate surface area is 136 Å². The summed E-state index contributed by atoms with van der Waals surface area (Å²) in [4.78, 5) is 12.5. The van der Waals surface area contributed by atoms with Gasteiger partial charge in [0.1, 0.15) is 17.6 Å². The molecule has 3 rings (SSSR count). The van der Waals surface area contributed by atoms with Crippen molar-refractivity contribution in [1.29, 1.82) is 0 Å². The van der Waals surface area contributed by atoms with Gasteiger partial charge in [0.2, 0.25) is 0 Å². The Bertz CT molecular complexity index is 656. The minimum Gasteiger partial charge on any atom is -0.464 e. The van der Waals surface area contributed by atoms with E-state index in [1.807, 2.05) is 31.2 Å². The van der Waals surface area contributed by atoms with Crippen LogP contribution in [0.5, 0.6) is 0 Å². The number of nitrogens with one attached hydrogen (secondary N) is 1. The third-order valence-electron chi connectivity index (χ3n) is 4.49. The number of hydrogen-bond acceptors (Lipinski definition) is 3. The van der Waals surface area contributed by atoms with E-state index in [9.17, 15) is 4.79 Å². The molecule has 0 saturated heterocycles. The number of carbonyl (C=O) groups is 1. The topological polar surface area (TPSA) is 51.5 Å². The molecule has 1 saturated carbocycles. The van der Waals surface area contributed by atoms with E-state index in [4.69, 9.17) is 9.15 Å². The largest absolute Gasteiger partial charge is 0.464 e. The average Bonchev–Trinajstić information content (AvgIpc) is 2.92. The van der Waals surface area contributed by atoms with Gasteiger partial charge in [-0.05, 0) is 55.5 Å². The molecule has 4 nitrogen and oxygen atoms in total. The van der Waals surface area contributed by atoms with Crippen LogP contribution in [0.25, 0.3) is 0 Å². The molecule has 1 aliphatic carbocycles. The Morgan fingerprint density at radius 3 is 2.52 bits per heavy atom. The lowest BCUT2D eigenvalue weighted by molar-refractivity contribution is 0.0882. The smallest absolute Gasteiger partial charge is 0.251 e. The molecular formula is C19H23NO3. The predicted molar refractivity (Wildman–Crippen MR) is 88.6 cm³/mol. The van der Waals surface area contributed by atoms with Crippen LogP contribution in [0.4, 0.5) is 0 Å². The first-order chi connectivity index (χ1) is 11.2. The second-order valence-corrected chi connectivity index (χ2v) is 6.18. The summed E-state index contributed by atoms with van der Waals surface area (Å²) in [5.74, 6) is 2.10. The predicted octanol–water partition coefficient (Wildman–Crippen LogP) is 3.97. The van der Waals surface area contributed by atoms with Crippen LogP contribution in [-0.4, -0.2) is 19.6 Å². The van der Waals surface area contributed by atoms with Crippen LogP contribution in [0.15, 0.2) is 40.8 Å². The van der Waals surface area contributed by atoms with Crippen molar-refractivity contribution in [3.8, 4) is 0 Å². The van der Waals surface area contributed by atoms with Crippen LogP contribution in [0, 0.1) is 6.92 Å². The summed E-state index contributed by atoms with van der Waals surface area (Å²) in [5, 5.41) is 2.98. The number of hydrogen-bond donors (Lipinski definition) is 1. The van der Waals surface area contributed by atoms with Gasteiger partial charge in [-0.3, -0.25) is 4.79 Å². The maximum absolute atomic E-state index is 12.5. The summed E-state index contributed by atoms with van der Waals surface area (Å²) in [6.07, 6.45) is 3.84. The van der Waals surface area contributed by atoms with Crippen molar-refractivity contribution in [3.63, 3.8) is 0 Å². The average molecular weight is 313 g/mol. The molecule has 0 spiro atoms. The Kier molecular flexibility index (Phi) is 4.82. The molecule has 1 aromatic carbocycles. The third kappa shape index (κ3) is 3.64. The maximum atomic E-state index is 12.5. The van der Waals surface area contributed by atoms with Crippen LogP contribution < -0.4 is 5.32 Å². The first-order valence-corrected chi connectivity index (χ1v) is 8.13. The van der Waals surface area contributed by atoms with Crippen molar-refractivity contribution in [2.45, 2.75) is 38.1 Å². The fourth-order valence-electron chi connectivity index (χ4n) is 2.89. The van der Waals surface area contributed by atoms with Gasteiger partial charge in [0.05, 0.1) is 6.61 Å². The number of ether oxygens (including phenoxy) is 1. The van der Waals surface area contributed by atoms with Gasteiger partial charge >= 0.3 is 0 Å². The zero-order valence-electron chi connectivity index (χ0n) is 13.7. The van der Waals surface area contributed by atoms with Crippen molar-refractivity contribution in [1.82, 2.24) is 5.32 Å². The van der Waals surface area contributed by atoms with Gasteiger partial charge in [0.15, 0.2) is 0 Å². The van der Waals surface area contributed by atoms with Gasteiger partial charge in [0, 0.05) is 12.7 Å². The fraction of sp³-hybridized carbons (Fsp3) is 0.421. The van der Waals surface area contributed by atoms with Crippen LogP contribution in [0.1, 0.15) is 58.7 Å². The number of benzene rings is 1. The highest BCUT2D eigenvalue weighted by Gasteiger charge is 2.21. The van der Waals surface area contributed by atoms with Crippen LogP contribution >= 0.6 is 0 Å². The number of furan rings is 1. The van der Waals surface area contributed by atoms with E-state index >= 15 is 0 Å². The molecule has 2 aromatic rings. The molecule has 1 aromatic heterocycles. The second kappa shape index (κ2) is 7.01. The zero-order valence-corrected chi connectivity index (χ0v) is 13.7. The first kappa shape index (κ1) is 15.8. The Balaban J connectivity index is 1.68. The second-order valence-electron chi connectivity index (χ2n) is 6.18.